The van der Waals surface area contributed by atoms with Crippen molar-refractivity contribution >= 4 is 17.9 Å². The van der Waals surface area contributed by atoms with E-state index in [0.29, 0.717) is 11.5 Å². The third-order valence-corrected chi connectivity index (χ3v) is 2.78. The van der Waals surface area contributed by atoms with Gasteiger partial charge >= 0.3 is 12.0 Å². The molecule has 8 heteroatoms. The maximum absolute atomic E-state index is 11.8. The van der Waals surface area contributed by atoms with Gasteiger partial charge in [0, 0.05) is 0 Å². The molecule has 0 saturated heterocycles. The maximum Gasteiger partial charge on any atom is 0.344 e. The number of ether oxygens (including phenoxy) is 3. The summed E-state index contributed by atoms with van der Waals surface area (Å²) in [7, 11) is 1.48. The highest BCUT2D eigenvalue weighted by molar-refractivity contribution is 5.96. The Hall–Kier alpha value is -2.77. The van der Waals surface area contributed by atoms with Crippen molar-refractivity contribution < 1.29 is 28.6 Å². The van der Waals surface area contributed by atoms with E-state index in [1.807, 2.05) is 5.32 Å². The molecule has 0 aliphatic carbocycles. The van der Waals surface area contributed by atoms with Gasteiger partial charge in [-0.2, -0.15) is 0 Å². The van der Waals surface area contributed by atoms with E-state index in [1.54, 1.807) is 38.1 Å². The lowest BCUT2D eigenvalue weighted by atomic mass is 10.1. The van der Waals surface area contributed by atoms with E-state index in [0.717, 1.165) is 0 Å². The van der Waals surface area contributed by atoms with Crippen molar-refractivity contribution in [1.29, 1.82) is 0 Å². The van der Waals surface area contributed by atoms with Gasteiger partial charge in [-0.25, -0.2) is 9.59 Å². The second-order valence-corrected chi connectivity index (χ2v) is 4.95. The molecule has 1 atom stereocenters. The summed E-state index contributed by atoms with van der Waals surface area (Å²) >= 11 is 0. The Bertz CT molecular complexity index is 573. The molecule has 0 saturated carbocycles. The van der Waals surface area contributed by atoms with E-state index < -0.39 is 30.6 Å². The molecule has 0 aliphatic rings. The molecule has 0 heterocycles. The molecular formula is C15H20N2O6. The molecule has 3 amide bonds. The minimum atomic E-state index is -1.14. The van der Waals surface area contributed by atoms with Crippen LogP contribution in [-0.4, -0.2) is 37.7 Å². The summed E-state index contributed by atoms with van der Waals surface area (Å²) in [6.45, 7) is 2.92. The minimum absolute atomic E-state index is 0.343. The third-order valence-electron chi connectivity index (χ3n) is 2.78. The molecule has 0 spiro atoms. The SMILES string of the molecule is COc1ccccc1OCC(=O)O[C@H](C(=O)NC(N)=O)C(C)C. The van der Waals surface area contributed by atoms with Gasteiger partial charge in [0.15, 0.2) is 24.2 Å². The first-order chi connectivity index (χ1) is 10.8. The Morgan fingerprint density at radius 1 is 1.17 bits per heavy atom. The smallest absolute Gasteiger partial charge is 0.344 e. The van der Waals surface area contributed by atoms with Crippen LogP contribution >= 0.6 is 0 Å². The summed E-state index contributed by atoms with van der Waals surface area (Å²) in [5.74, 6) is -1.04. The monoisotopic (exact) mass is 324 g/mol. The van der Waals surface area contributed by atoms with Crippen LogP contribution in [0.3, 0.4) is 0 Å². The molecule has 8 nitrogen and oxygen atoms in total. The first-order valence-electron chi connectivity index (χ1n) is 6.90. The summed E-state index contributed by atoms with van der Waals surface area (Å²) in [6.07, 6.45) is -1.14. The predicted octanol–water partition coefficient (Wildman–Crippen LogP) is 0.837. The highest BCUT2D eigenvalue weighted by Gasteiger charge is 2.27. The molecule has 1 aromatic rings. The lowest BCUT2D eigenvalue weighted by molar-refractivity contribution is -0.160. The Kier molecular flexibility index (Phi) is 6.85. The standard InChI is InChI=1S/C15H20N2O6/c1-9(2)13(14(19)17-15(16)20)23-12(18)8-22-11-7-5-4-6-10(11)21-3/h4-7,9,13H,8H2,1-3H3,(H3,16,17,19,20)/t13-/m0/s1. The number of hydrogen-bond donors (Lipinski definition) is 2. The summed E-state index contributed by atoms with van der Waals surface area (Å²) in [4.78, 5) is 34.3. The summed E-state index contributed by atoms with van der Waals surface area (Å²) in [5, 5.41) is 1.88. The fourth-order valence-corrected chi connectivity index (χ4v) is 1.74. The molecule has 0 radical (unpaired) electrons. The number of amides is 3. The molecule has 1 rings (SSSR count). The maximum atomic E-state index is 11.8. The van der Waals surface area contributed by atoms with Gasteiger partial charge in [-0.3, -0.25) is 10.1 Å². The molecule has 0 unspecified atom stereocenters. The van der Waals surface area contributed by atoms with Crippen molar-refractivity contribution in [2.75, 3.05) is 13.7 Å². The number of esters is 1. The second kappa shape index (κ2) is 8.62. The predicted molar refractivity (Wildman–Crippen MR) is 80.9 cm³/mol. The Balaban J connectivity index is 2.62. The first-order valence-corrected chi connectivity index (χ1v) is 6.90. The number of benzene rings is 1. The van der Waals surface area contributed by atoms with Crippen molar-refractivity contribution in [2.24, 2.45) is 11.7 Å². The van der Waals surface area contributed by atoms with Crippen molar-refractivity contribution in [3.63, 3.8) is 0 Å². The van der Waals surface area contributed by atoms with E-state index in [4.69, 9.17) is 19.9 Å². The lowest BCUT2D eigenvalue weighted by Gasteiger charge is -2.20. The zero-order valence-corrected chi connectivity index (χ0v) is 13.2. The van der Waals surface area contributed by atoms with Crippen LogP contribution in [0, 0.1) is 5.92 Å². The number of nitrogens with one attached hydrogen (secondary N) is 1. The molecule has 3 N–H and O–H groups in total. The van der Waals surface area contributed by atoms with Crippen LogP contribution in [0.4, 0.5) is 4.79 Å². The fraction of sp³-hybridized carbons (Fsp3) is 0.400. The number of para-hydroxylation sites is 2. The van der Waals surface area contributed by atoms with Crippen LogP contribution < -0.4 is 20.5 Å². The van der Waals surface area contributed by atoms with Crippen LogP contribution in [0.15, 0.2) is 24.3 Å². The Labute approximate surface area is 133 Å². The van der Waals surface area contributed by atoms with Crippen LogP contribution in [-0.2, 0) is 14.3 Å². The summed E-state index contributed by atoms with van der Waals surface area (Å²) in [6, 6.07) is 5.78. The van der Waals surface area contributed by atoms with Crippen LogP contribution in [0.1, 0.15) is 13.8 Å². The van der Waals surface area contributed by atoms with Crippen molar-refractivity contribution in [3.8, 4) is 11.5 Å². The molecule has 0 aliphatic heterocycles. The van der Waals surface area contributed by atoms with Gasteiger partial charge in [0.05, 0.1) is 7.11 Å². The van der Waals surface area contributed by atoms with Crippen molar-refractivity contribution in [3.05, 3.63) is 24.3 Å². The van der Waals surface area contributed by atoms with Gasteiger partial charge in [0.25, 0.3) is 5.91 Å². The first kappa shape index (κ1) is 18.3. The highest BCUT2D eigenvalue weighted by atomic mass is 16.6. The van der Waals surface area contributed by atoms with Crippen LogP contribution in [0.25, 0.3) is 0 Å². The zero-order valence-electron chi connectivity index (χ0n) is 13.2. The Morgan fingerprint density at radius 2 is 1.78 bits per heavy atom. The number of carbonyl (C=O) groups excluding carboxylic acids is 3. The molecule has 1 aromatic carbocycles. The number of carbonyl (C=O) groups is 3. The molecular weight excluding hydrogens is 304 g/mol. The van der Waals surface area contributed by atoms with Gasteiger partial charge in [0.2, 0.25) is 0 Å². The average Bonchev–Trinajstić information content (AvgIpc) is 2.49. The molecule has 126 valence electrons. The summed E-state index contributed by atoms with van der Waals surface area (Å²) in [5.41, 5.74) is 4.88. The van der Waals surface area contributed by atoms with E-state index in [1.165, 1.54) is 7.11 Å². The Morgan fingerprint density at radius 3 is 2.30 bits per heavy atom. The largest absolute Gasteiger partial charge is 0.493 e. The number of imide groups is 1. The number of hydrogen-bond acceptors (Lipinski definition) is 6. The third kappa shape index (κ3) is 5.85. The molecule has 0 bridgehead atoms. The average molecular weight is 324 g/mol. The minimum Gasteiger partial charge on any atom is -0.493 e. The molecule has 0 fully saturated rings. The van der Waals surface area contributed by atoms with Gasteiger partial charge in [-0.15, -0.1) is 0 Å². The van der Waals surface area contributed by atoms with Crippen molar-refractivity contribution in [1.82, 2.24) is 5.32 Å². The zero-order chi connectivity index (χ0) is 17.4. The van der Waals surface area contributed by atoms with Crippen molar-refractivity contribution in [2.45, 2.75) is 20.0 Å². The van der Waals surface area contributed by atoms with Gasteiger partial charge in [-0.1, -0.05) is 26.0 Å². The molecule has 0 aromatic heterocycles. The van der Waals surface area contributed by atoms with Gasteiger partial charge < -0.3 is 19.9 Å². The van der Waals surface area contributed by atoms with E-state index in [-0.39, 0.29) is 5.92 Å². The molecule has 23 heavy (non-hydrogen) atoms. The normalized spacial score (nSPS) is 11.5. The van der Waals surface area contributed by atoms with E-state index >= 15 is 0 Å². The fourth-order valence-electron chi connectivity index (χ4n) is 1.74. The number of urea groups is 1. The number of primary amides is 1. The number of nitrogens with two attached hydrogens (primary N) is 1. The topological polar surface area (TPSA) is 117 Å². The highest BCUT2D eigenvalue weighted by Crippen LogP contribution is 2.25. The quantitative estimate of drug-likeness (QED) is 0.718. The van der Waals surface area contributed by atoms with Gasteiger partial charge in [-0.05, 0) is 18.1 Å². The van der Waals surface area contributed by atoms with Crippen LogP contribution in [0.2, 0.25) is 0 Å². The van der Waals surface area contributed by atoms with Gasteiger partial charge in [0.1, 0.15) is 0 Å². The number of rotatable bonds is 7. The number of methoxy groups -OCH3 is 1. The lowest BCUT2D eigenvalue weighted by Crippen LogP contribution is -2.46. The van der Waals surface area contributed by atoms with E-state index in [9.17, 15) is 14.4 Å². The van der Waals surface area contributed by atoms with Crippen LogP contribution in [0.5, 0.6) is 11.5 Å². The van der Waals surface area contributed by atoms with E-state index in [2.05, 4.69) is 0 Å². The second-order valence-electron chi connectivity index (χ2n) is 4.95. The summed E-state index contributed by atoms with van der Waals surface area (Å²) < 4.78 is 15.4.